The molecule has 3 nitrogen and oxygen atoms in total. The molecular formula is C17H33NO2. The van der Waals surface area contributed by atoms with Crippen LogP contribution in [-0.2, 0) is 4.79 Å². The van der Waals surface area contributed by atoms with Crippen molar-refractivity contribution < 1.29 is 9.90 Å². The Balaban J connectivity index is 2.29. The standard InChI is InChI=1S/C17H33NO2/c1-13-6-8-17(20,9-7-13)12-18-15(19)10-14(2)11-16(3,4)5/h13-14,20H,6-12H2,1-5H3,(H,18,19). The lowest BCUT2D eigenvalue weighted by atomic mass is 9.79. The zero-order chi connectivity index (χ0) is 15.4. The first-order chi connectivity index (χ1) is 9.10. The van der Waals surface area contributed by atoms with Gasteiger partial charge in [0.2, 0.25) is 5.91 Å². The third-order valence-electron chi connectivity index (χ3n) is 4.31. The molecular weight excluding hydrogens is 250 g/mol. The number of hydrogen-bond acceptors (Lipinski definition) is 2. The van der Waals surface area contributed by atoms with E-state index in [1.807, 2.05) is 0 Å². The monoisotopic (exact) mass is 283 g/mol. The maximum absolute atomic E-state index is 12.0. The van der Waals surface area contributed by atoms with Crippen LogP contribution < -0.4 is 5.32 Å². The fraction of sp³-hybridized carbons (Fsp3) is 0.941. The van der Waals surface area contributed by atoms with Crippen LogP contribution in [-0.4, -0.2) is 23.2 Å². The maximum atomic E-state index is 12.0. The van der Waals surface area contributed by atoms with Gasteiger partial charge in [-0.15, -0.1) is 0 Å². The lowest BCUT2D eigenvalue weighted by Crippen LogP contribution is -2.45. The van der Waals surface area contributed by atoms with Gasteiger partial charge in [0, 0.05) is 13.0 Å². The number of carbonyl (C=O) groups excluding carboxylic acids is 1. The van der Waals surface area contributed by atoms with Gasteiger partial charge in [-0.2, -0.15) is 0 Å². The predicted octanol–water partition coefficient (Wildman–Crippen LogP) is 3.51. The van der Waals surface area contributed by atoms with Crippen molar-refractivity contribution in [2.24, 2.45) is 17.3 Å². The van der Waals surface area contributed by atoms with Gasteiger partial charge in [0.05, 0.1) is 5.60 Å². The topological polar surface area (TPSA) is 49.3 Å². The summed E-state index contributed by atoms with van der Waals surface area (Å²) in [5.41, 5.74) is -0.410. The number of amides is 1. The van der Waals surface area contributed by atoms with Crippen molar-refractivity contribution in [3.8, 4) is 0 Å². The molecule has 1 unspecified atom stereocenters. The first-order valence-corrected chi connectivity index (χ1v) is 8.09. The number of rotatable bonds is 5. The van der Waals surface area contributed by atoms with E-state index in [4.69, 9.17) is 0 Å². The first kappa shape index (κ1) is 17.5. The fourth-order valence-electron chi connectivity index (χ4n) is 3.25. The second kappa shape index (κ2) is 6.93. The zero-order valence-corrected chi connectivity index (χ0v) is 14.0. The van der Waals surface area contributed by atoms with E-state index in [9.17, 15) is 9.90 Å². The molecule has 0 aromatic rings. The molecule has 1 rings (SSSR count). The average molecular weight is 283 g/mol. The molecule has 1 aliphatic carbocycles. The summed E-state index contributed by atoms with van der Waals surface area (Å²) in [6.45, 7) is 11.4. The van der Waals surface area contributed by atoms with E-state index in [1.54, 1.807) is 0 Å². The summed E-state index contributed by atoms with van der Waals surface area (Å²) in [6, 6.07) is 0. The normalized spacial score (nSPS) is 29.0. The van der Waals surface area contributed by atoms with Crippen LogP contribution in [0.15, 0.2) is 0 Å². The molecule has 0 aromatic carbocycles. The van der Waals surface area contributed by atoms with Gasteiger partial charge >= 0.3 is 0 Å². The molecule has 0 radical (unpaired) electrons. The molecule has 1 aliphatic rings. The SMILES string of the molecule is CC1CCC(O)(CNC(=O)CC(C)CC(C)(C)C)CC1. The maximum Gasteiger partial charge on any atom is 0.220 e. The van der Waals surface area contributed by atoms with Gasteiger partial charge in [-0.25, -0.2) is 0 Å². The van der Waals surface area contributed by atoms with Crippen LogP contribution in [0.4, 0.5) is 0 Å². The van der Waals surface area contributed by atoms with Gasteiger partial charge < -0.3 is 10.4 Å². The van der Waals surface area contributed by atoms with Crippen LogP contribution in [0.1, 0.15) is 73.1 Å². The highest BCUT2D eigenvalue weighted by atomic mass is 16.3. The van der Waals surface area contributed by atoms with Crippen molar-refractivity contribution in [1.82, 2.24) is 5.32 Å². The van der Waals surface area contributed by atoms with E-state index in [0.29, 0.717) is 24.8 Å². The van der Waals surface area contributed by atoms with Gasteiger partial charge in [-0.1, -0.05) is 34.6 Å². The first-order valence-electron chi connectivity index (χ1n) is 8.09. The third-order valence-corrected chi connectivity index (χ3v) is 4.31. The molecule has 1 fully saturated rings. The van der Waals surface area contributed by atoms with Gasteiger partial charge in [-0.05, 0) is 49.4 Å². The minimum atomic E-state index is -0.671. The highest BCUT2D eigenvalue weighted by Gasteiger charge is 2.32. The minimum Gasteiger partial charge on any atom is -0.388 e. The Kier molecular flexibility index (Phi) is 6.06. The van der Waals surface area contributed by atoms with E-state index in [1.165, 1.54) is 0 Å². The Hall–Kier alpha value is -0.570. The Bertz CT molecular complexity index is 311. The van der Waals surface area contributed by atoms with Crippen molar-refractivity contribution in [3.63, 3.8) is 0 Å². The lowest BCUT2D eigenvalue weighted by molar-refractivity contribution is -0.123. The summed E-state index contributed by atoms with van der Waals surface area (Å²) in [4.78, 5) is 12.0. The van der Waals surface area contributed by atoms with Crippen molar-refractivity contribution >= 4 is 5.91 Å². The van der Waals surface area contributed by atoms with E-state index in [2.05, 4.69) is 39.9 Å². The summed E-state index contributed by atoms with van der Waals surface area (Å²) >= 11 is 0. The largest absolute Gasteiger partial charge is 0.388 e. The van der Waals surface area contributed by atoms with Gasteiger partial charge in [-0.3, -0.25) is 4.79 Å². The molecule has 1 amide bonds. The Morgan fingerprint density at radius 3 is 2.40 bits per heavy atom. The van der Waals surface area contributed by atoms with Crippen molar-refractivity contribution in [1.29, 1.82) is 0 Å². The van der Waals surface area contributed by atoms with Crippen molar-refractivity contribution in [3.05, 3.63) is 0 Å². The van der Waals surface area contributed by atoms with Crippen molar-refractivity contribution in [2.45, 2.75) is 78.7 Å². The molecule has 2 N–H and O–H groups in total. The molecule has 0 saturated heterocycles. The van der Waals surface area contributed by atoms with Crippen molar-refractivity contribution in [2.75, 3.05) is 6.54 Å². The van der Waals surface area contributed by atoms with Gasteiger partial charge in [0.25, 0.3) is 0 Å². The number of aliphatic hydroxyl groups is 1. The van der Waals surface area contributed by atoms with Gasteiger partial charge in [0.15, 0.2) is 0 Å². The number of hydrogen-bond donors (Lipinski definition) is 2. The summed E-state index contributed by atoms with van der Waals surface area (Å²) in [5, 5.41) is 13.4. The highest BCUT2D eigenvalue weighted by molar-refractivity contribution is 5.76. The Morgan fingerprint density at radius 1 is 1.35 bits per heavy atom. The van der Waals surface area contributed by atoms with Crippen LogP contribution in [0, 0.1) is 17.3 Å². The summed E-state index contributed by atoms with van der Waals surface area (Å²) in [6.07, 6.45) is 5.35. The third kappa shape index (κ3) is 6.74. The molecule has 1 atom stereocenters. The number of carbonyl (C=O) groups is 1. The van der Waals surface area contributed by atoms with E-state index in [0.717, 1.165) is 32.1 Å². The van der Waals surface area contributed by atoms with E-state index >= 15 is 0 Å². The molecule has 3 heteroatoms. The van der Waals surface area contributed by atoms with Crippen LogP contribution in [0.5, 0.6) is 0 Å². The van der Waals surface area contributed by atoms with Crippen LogP contribution in [0.25, 0.3) is 0 Å². The van der Waals surface area contributed by atoms with Crippen LogP contribution in [0.2, 0.25) is 0 Å². The molecule has 20 heavy (non-hydrogen) atoms. The average Bonchev–Trinajstić information content (AvgIpc) is 2.28. The van der Waals surface area contributed by atoms with E-state index < -0.39 is 5.60 Å². The Morgan fingerprint density at radius 2 is 1.90 bits per heavy atom. The molecule has 0 bridgehead atoms. The van der Waals surface area contributed by atoms with Gasteiger partial charge in [0.1, 0.15) is 0 Å². The smallest absolute Gasteiger partial charge is 0.220 e. The molecule has 0 spiro atoms. The highest BCUT2D eigenvalue weighted by Crippen LogP contribution is 2.31. The summed E-state index contributed by atoms with van der Waals surface area (Å²) in [7, 11) is 0. The van der Waals surface area contributed by atoms with E-state index in [-0.39, 0.29) is 11.3 Å². The molecule has 0 aliphatic heterocycles. The minimum absolute atomic E-state index is 0.0776. The van der Waals surface area contributed by atoms with Crippen LogP contribution >= 0.6 is 0 Å². The fourth-order valence-corrected chi connectivity index (χ4v) is 3.25. The number of nitrogens with one attached hydrogen (secondary N) is 1. The summed E-state index contributed by atoms with van der Waals surface area (Å²) in [5.74, 6) is 1.17. The molecule has 1 saturated carbocycles. The molecule has 118 valence electrons. The zero-order valence-electron chi connectivity index (χ0n) is 14.0. The quantitative estimate of drug-likeness (QED) is 0.811. The molecule has 0 heterocycles. The Labute approximate surface area is 124 Å². The summed E-state index contributed by atoms with van der Waals surface area (Å²) < 4.78 is 0. The lowest BCUT2D eigenvalue weighted by Gasteiger charge is -2.35. The second-order valence-corrected chi connectivity index (χ2v) is 8.26. The predicted molar refractivity (Wildman–Crippen MR) is 83.4 cm³/mol. The second-order valence-electron chi connectivity index (χ2n) is 8.26. The molecule has 0 aromatic heterocycles. The van der Waals surface area contributed by atoms with Crippen LogP contribution in [0.3, 0.4) is 0 Å².